The van der Waals surface area contributed by atoms with Crippen LogP contribution in [0.2, 0.25) is 0 Å². The Morgan fingerprint density at radius 2 is 0.786 bits per heavy atom. The van der Waals surface area contributed by atoms with Gasteiger partial charge < -0.3 is 15.5 Å². The molecular weight excluding hydrogens is 719 g/mol. The fourth-order valence-corrected chi connectivity index (χ4v) is 8.25. The molecule has 0 fully saturated rings. The molecule has 0 radical (unpaired) electrons. The molecule has 0 aromatic rings. The third kappa shape index (κ3) is 41.0. The normalized spacial score (nSPS) is 13.9. The molecule has 0 aromatic heterocycles. The second-order valence-electron chi connectivity index (χ2n) is 16.9. The van der Waals surface area contributed by atoms with Gasteiger partial charge in [-0.2, -0.15) is 8.42 Å². The summed E-state index contributed by atoms with van der Waals surface area (Å²) in [5.41, 5.74) is 0. The third-order valence-electron chi connectivity index (χ3n) is 11.2. The van der Waals surface area contributed by atoms with Crippen LogP contribution in [-0.2, 0) is 14.9 Å². The average Bonchev–Trinajstić information content (AvgIpc) is 3.17. The van der Waals surface area contributed by atoms with Crippen LogP contribution in [0, 0.1) is 0 Å². The average molecular weight is 812 g/mol. The molecule has 7 nitrogen and oxygen atoms in total. The first-order chi connectivity index (χ1) is 27.2. The Hall–Kier alpha value is -1.22. The minimum Gasteiger partial charge on any atom is -0.387 e. The maximum Gasteiger partial charge on any atom is 0.267 e. The van der Waals surface area contributed by atoms with Crippen molar-refractivity contribution in [1.29, 1.82) is 0 Å². The summed E-state index contributed by atoms with van der Waals surface area (Å²) in [6, 6.07) is -1.23. The number of hydrogen-bond donors (Lipinski definition) is 4. The van der Waals surface area contributed by atoms with Crippen molar-refractivity contribution in [2.75, 3.05) is 5.75 Å². The van der Waals surface area contributed by atoms with Crippen molar-refractivity contribution in [1.82, 2.24) is 5.32 Å². The fraction of sp³-hybridized carbons (Fsp3) is 0.896. The topological polar surface area (TPSA) is 124 Å². The minimum atomic E-state index is -4.45. The van der Waals surface area contributed by atoms with Gasteiger partial charge >= 0.3 is 0 Å². The molecule has 0 rings (SSSR count). The predicted molar refractivity (Wildman–Crippen MR) is 241 cm³/mol. The fourth-order valence-electron chi connectivity index (χ4n) is 7.51. The van der Waals surface area contributed by atoms with Crippen LogP contribution in [0.3, 0.4) is 0 Å². The number of hydrogen-bond acceptors (Lipinski definition) is 5. The zero-order valence-corrected chi connectivity index (χ0v) is 37.7. The van der Waals surface area contributed by atoms with Gasteiger partial charge in [0.05, 0.1) is 17.9 Å². The first kappa shape index (κ1) is 54.8. The van der Waals surface area contributed by atoms with E-state index in [2.05, 4.69) is 31.3 Å². The highest BCUT2D eigenvalue weighted by molar-refractivity contribution is 7.85. The number of nitrogens with one attached hydrogen (secondary N) is 1. The third-order valence-corrected chi connectivity index (χ3v) is 12.0. The maximum atomic E-state index is 12.6. The molecular formula is C48H93NO6S. The van der Waals surface area contributed by atoms with Crippen molar-refractivity contribution in [3.05, 3.63) is 24.3 Å². The van der Waals surface area contributed by atoms with Crippen LogP contribution in [0.4, 0.5) is 0 Å². The van der Waals surface area contributed by atoms with Gasteiger partial charge in [-0.3, -0.25) is 9.35 Å². The number of unbranched alkanes of at least 4 members (excludes halogenated alkanes) is 33. The predicted octanol–water partition coefficient (Wildman–Crippen LogP) is 13.7. The molecule has 0 aliphatic carbocycles. The lowest BCUT2D eigenvalue weighted by Crippen LogP contribution is -2.50. The van der Waals surface area contributed by atoms with Gasteiger partial charge in [-0.05, 0) is 44.9 Å². The number of carbonyl (C=O) groups excluding carboxylic acids is 1. The molecule has 0 saturated carbocycles. The van der Waals surface area contributed by atoms with E-state index in [1.54, 1.807) is 0 Å². The van der Waals surface area contributed by atoms with Crippen LogP contribution in [0.15, 0.2) is 24.3 Å². The van der Waals surface area contributed by atoms with Gasteiger partial charge in [0.2, 0.25) is 5.91 Å². The number of rotatable bonds is 44. The van der Waals surface area contributed by atoms with Gasteiger partial charge in [-0.1, -0.05) is 231 Å². The van der Waals surface area contributed by atoms with E-state index in [-0.39, 0.29) is 6.42 Å². The second kappa shape index (κ2) is 41.9. The molecule has 0 aliphatic rings. The van der Waals surface area contributed by atoms with Crippen LogP contribution in [0.1, 0.15) is 251 Å². The zero-order valence-electron chi connectivity index (χ0n) is 36.9. The van der Waals surface area contributed by atoms with E-state index in [1.165, 1.54) is 186 Å². The summed E-state index contributed by atoms with van der Waals surface area (Å²) in [5, 5.41) is 23.5. The molecule has 1 amide bonds. The molecule has 0 aromatic carbocycles. The quantitative estimate of drug-likeness (QED) is 0.0276. The SMILES string of the molecule is CCCCCCCCCCCC/C=C\CCCCCCCCC(O)C(=O)NC(CS(=O)(=O)O)C(O)/C=C/CCCCCCCCCCCCCCCCCCC. The summed E-state index contributed by atoms with van der Waals surface area (Å²) in [7, 11) is -4.45. The van der Waals surface area contributed by atoms with E-state index in [9.17, 15) is 28.0 Å². The standard InChI is InChI=1S/C48H93NO6S/c1-3-5-7-9-11-13-15-17-19-21-23-25-27-29-31-33-35-37-39-41-43-47(51)48(52)49-45(44-56(53,54)55)46(50)42-40-38-36-34-32-30-28-26-24-22-20-18-16-14-12-10-8-6-4-2/h25,27,40,42,45-47,50-51H,3-24,26,28-39,41,43-44H2,1-2H3,(H,49,52)(H,53,54,55)/b27-25-,42-40+. The summed E-state index contributed by atoms with van der Waals surface area (Å²) < 4.78 is 32.7. The molecule has 8 heteroatoms. The molecule has 0 bridgehead atoms. The van der Waals surface area contributed by atoms with E-state index < -0.39 is 40.0 Å². The van der Waals surface area contributed by atoms with E-state index in [1.807, 2.05) is 6.08 Å². The highest BCUT2D eigenvalue weighted by Crippen LogP contribution is 2.16. The van der Waals surface area contributed by atoms with Crippen molar-refractivity contribution in [3.63, 3.8) is 0 Å². The van der Waals surface area contributed by atoms with Gasteiger partial charge in [0.25, 0.3) is 10.1 Å². The first-order valence-electron chi connectivity index (χ1n) is 24.1. The lowest BCUT2D eigenvalue weighted by molar-refractivity contribution is -0.130. The molecule has 3 unspecified atom stereocenters. The smallest absolute Gasteiger partial charge is 0.267 e. The van der Waals surface area contributed by atoms with Crippen LogP contribution in [0.5, 0.6) is 0 Å². The molecule has 56 heavy (non-hydrogen) atoms. The number of aliphatic hydroxyl groups is 2. The highest BCUT2D eigenvalue weighted by Gasteiger charge is 2.27. The molecule has 0 heterocycles. The number of aliphatic hydroxyl groups excluding tert-OH is 2. The zero-order chi connectivity index (χ0) is 41.2. The highest BCUT2D eigenvalue weighted by atomic mass is 32.2. The van der Waals surface area contributed by atoms with Crippen LogP contribution in [0.25, 0.3) is 0 Å². The first-order valence-corrected chi connectivity index (χ1v) is 25.8. The van der Waals surface area contributed by atoms with Gasteiger partial charge in [0.15, 0.2) is 0 Å². The largest absolute Gasteiger partial charge is 0.387 e. The van der Waals surface area contributed by atoms with E-state index in [0.29, 0.717) is 6.42 Å². The van der Waals surface area contributed by atoms with Crippen molar-refractivity contribution in [3.8, 4) is 0 Å². The van der Waals surface area contributed by atoms with Gasteiger partial charge in [0.1, 0.15) is 6.10 Å². The Labute approximate surface area is 347 Å². The minimum absolute atomic E-state index is 0.275. The molecule has 0 spiro atoms. The summed E-state index contributed by atoms with van der Waals surface area (Å²) >= 11 is 0. The Balaban J connectivity index is 3.94. The molecule has 3 atom stereocenters. The summed E-state index contributed by atoms with van der Waals surface area (Å²) in [6.07, 6.45) is 50.9. The van der Waals surface area contributed by atoms with Crippen LogP contribution < -0.4 is 5.32 Å². The van der Waals surface area contributed by atoms with Crippen molar-refractivity contribution >= 4 is 16.0 Å². The lowest BCUT2D eigenvalue weighted by atomic mass is 10.0. The van der Waals surface area contributed by atoms with Crippen molar-refractivity contribution in [2.24, 2.45) is 0 Å². The summed E-state index contributed by atoms with van der Waals surface area (Å²) in [6.45, 7) is 4.54. The van der Waals surface area contributed by atoms with Crippen LogP contribution in [-0.4, -0.2) is 53.1 Å². The second-order valence-corrected chi connectivity index (χ2v) is 18.4. The lowest BCUT2D eigenvalue weighted by Gasteiger charge is -2.22. The van der Waals surface area contributed by atoms with Crippen molar-refractivity contribution < 1.29 is 28.0 Å². The maximum absolute atomic E-state index is 12.6. The van der Waals surface area contributed by atoms with Gasteiger partial charge in [-0.15, -0.1) is 0 Å². The van der Waals surface area contributed by atoms with Gasteiger partial charge in [-0.25, -0.2) is 0 Å². The monoisotopic (exact) mass is 812 g/mol. The Kier molecular flexibility index (Phi) is 41.0. The molecule has 332 valence electrons. The molecule has 0 saturated heterocycles. The molecule has 0 aliphatic heterocycles. The molecule has 4 N–H and O–H groups in total. The Morgan fingerprint density at radius 1 is 0.482 bits per heavy atom. The van der Waals surface area contributed by atoms with E-state index in [0.717, 1.165) is 44.9 Å². The van der Waals surface area contributed by atoms with Crippen molar-refractivity contribution in [2.45, 2.75) is 270 Å². The van der Waals surface area contributed by atoms with Crippen LogP contribution >= 0.6 is 0 Å². The number of carbonyl (C=O) groups is 1. The Morgan fingerprint density at radius 3 is 1.12 bits per heavy atom. The Bertz CT molecular complexity index is 1000. The van der Waals surface area contributed by atoms with E-state index >= 15 is 0 Å². The summed E-state index contributed by atoms with van der Waals surface area (Å²) in [5.74, 6) is -1.53. The van der Waals surface area contributed by atoms with E-state index in [4.69, 9.17) is 0 Å². The van der Waals surface area contributed by atoms with Gasteiger partial charge in [0, 0.05) is 0 Å². The number of allylic oxidation sites excluding steroid dienone is 3. The summed E-state index contributed by atoms with van der Waals surface area (Å²) in [4.78, 5) is 12.6. The number of amides is 1.